The van der Waals surface area contributed by atoms with Gasteiger partial charge in [0.15, 0.2) is 6.23 Å². The molecule has 5 heterocycles. The number of hydrogen-bond donors (Lipinski definition) is 4. The Morgan fingerprint density at radius 2 is 1.92 bits per heavy atom. The number of fused-ring (bicyclic) bond motifs is 2. The molecule has 2 aromatic heterocycles. The van der Waals surface area contributed by atoms with Crippen molar-refractivity contribution in [3.63, 3.8) is 0 Å². The number of pyridine rings is 2. The average molecular weight is 679 g/mol. The van der Waals surface area contributed by atoms with Crippen molar-refractivity contribution in [2.45, 2.75) is 50.4 Å². The SMILES string of the molecule is COc1nc(-c2cccc(-c3cccc(Nc4nccc5c4C(O)N(C)N=C5)c3C)c2Cl)cc2c1C(N1CCC3(CCNC(=O)N3)C1)CC2. The summed E-state index contributed by atoms with van der Waals surface area (Å²) in [6.45, 7) is 4.50. The highest BCUT2D eigenvalue weighted by atomic mass is 35.5. The number of benzene rings is 2. The van der Waals surface area contributed by atoms with E-state index in [4.69, 9.17) is 21.3 Å². The van der Waals surface area contributed by atoms with Gasteiger partial charge in [0.2, 0.25) is 5.88 Å². The lowest BCUT2D eigenvalue weighted by Crippen LogP contribution is -2.59. The summed E-state index contributed by atoms with van der Waals surface area (Å²) in [4.78, 5) is 24.2. The molecule has 252 valence electrons. The van der Waals surface area contributed by atoms with E-state index < -0.39 is 6.23 Å². The van der Waals surface area contributed by atoms with E-state index in [9.17, 15) is 9.90 Å². The van der Waals surface area contributed by atoms with Crippen LogP contribution >= 0.6 is 11.6 Å². The van der Waals surface area contributed by atoms with Crippen molar-refractivity contribution in [1.82, 2.24) is 30.5 Å². The van der Waals surface area contributed by atoms with Gasteiger partial charge in [0, 0.05) is 66.9 Å². The predicted molar refractivity (Wildman–Crippen MR) is 190 cm³/mol. The fraction of sp³-hybridized carbons (Fsp3) is 0.351. The maximum atomic E-state index is 12.1. The van der Waals surface area contributed by atoms with Crippen LogP contribution in [-0.4, -0.2) is 76.6 Å². The maximum absolute atomic E-state index is 12.1. The Kier molecular flexibility index (Phi) is 7.93. The quantitative estimate of drug-likeness (QED) is 0.198. The Hall–Kier alpha value is -4.71. The number of amides is 2. The fourth-order valence-corrected chi connectivity index (χ4v) is 8.31. The lowest BCUT2D eigenvalue weighted by Gasteiger charge is -2.36. The molecule has 2 aromatic carbocycles. The molecule has 0 saturated carbocycles. The van der Waals surface area contributed by atoms with Gasteiger partial charge in [-0.2, -0.15) is 5.10 Å². The van der Waals surface area contributed by atoms with Gasteiger partial charge in [-0.3, -0.25) is 9.91 Å². The molecule has 8 rings (SSSR count). The summed E-state index contributed by atoms with van der Waals surface area (Å²) < 4.78 is 5.96. The first-order chi connectivity index (χ1) is 23.7. The van der Waals surface area contributed by atoms with Crippen LogP contribution in [-0.2, 0) is 6.42 Å². The van der Waals surface area contributed by atoms with Gasteiger partial charge in [-0.25, -0.2) is 14.8 Å². The molecular formula is C37H39ClN8O3. The van der Waals surface area contributed by atoms with Crippen LogP contribution in [0.2, 0.25) is 5.02 Å². The number of aromatic nitrogens is 2. The van der Waals surface area contributed by atoms with E-state index in [1.807, 2.05) is 36.4 Å². The number of rotatable bonds is 6. The Morgan fingerprint density at radius 1 is 1.10 bits per heavy atom. The number of nitrogens with zero attached hydrogens (tertiary/aromatic N) is 5. The van der Waals surface area contributed by atoms with E-state index in [1.54, 1.807) is 26.6 Å². The van der Waals surface area contributed by atoms with E-state index in [0.717, 1.165) is 83.5 Å². The number of nitrogens with one attached hydrogen (secondary N) is 3. The van der Waals surface area contributed by atoms with E-state index in [2.05, 4.69) is 50.0 Å². The molecule has 2 amide bonds. The van der Waals surface area contributed by atoms with Gasteiger partial charge in [0.25, 0.3) is 0 Å². The molecule has 2 saturated heterocycles. The lowest BCUT2D eigenvalue weighted by molar-refractivity contribution is 0.0208. The molecule has 0 bridgehead atoms. The van der Waals surface area contributed by atoms with Crippen molar-refractivity contribution >= 4 is 35.4 Å². The second-order valence-corrected chi connectivity index (χ2v) is 13.8. The minimum absolute atomic E-state index is 0.0730. The van der Waals surface area contributed by atoms with Crippen molar-refractivity contribution in [3.05, 3.63) is 87.6 Å². The Labute approximate surface area is 290 Å². The van der Waals surface area contributed by atoms with Gasteiger partial charge in [0.1, 0.15) is 5.82 Å². The van der Waals surface area contributed by atoms with Gasteiger partial charge in [-0.15, -0.1) is 0 Å². The van der Waals surface area contributed by atoms with Crippen LogP contribution in [0.1, 0.15) is 59.3 Å². The van der Waals surface area contributed by atoms with Gasteiger partial charge in [0.05, 0.1) is 35.1 Å². The van der Waals surface area contributed by atoms with Crippen LogP contribution in [0.3, 0.4) is 0 Å². The number of aryl methyl sites for hydroxylation is 1. The van der Waals surface area contributed by atoms with Crippen molar-refractivity contribution in [2.24, 2.45) is 5.10 Å². The van der Waals surface area contributed by atoms with Gasteiger partial charge >= 0.3 is 6.03 Å². The summed E-state index contributed by atoms with van der Waals surface area (Å²) in [5, 5.41) is 26.8. The number of urea groups is 1. The molecule has 4 N–H and O–H groups in total. The summed E-state index contributed by atoms with van der Waals surface area (Å²) in [5.41, 5.74) is 9.00. The third-order valence-corrected chi connectivity index (χ3v) is 11.0. The smallest absolute Gasteiger partial charge is 0.315 e. The summed E-state index contributed by atoms with van der Waals surface area (Å²) in [6, 6.07) is 16.2. The monoisotopic (exact) mass is 678 g/mol. The van der Waals surface area contributed by atoms with Crippen LogP contribution in [0, 0.1) is 6.92 Å². The molecule has 2 fully saturated rings. The summed E-state index contributed by atoms with van der Waals surface area (Å²) in [7, 11) is 3.41. The normalized spacial score (nSPS) is 22.9. The highest BCUT2D eigenvalue weighted by molar-refractivity contribution is 6.36. The number of ether oxygens (including phenoxy) is 1. The third kappa shape index (κ3) is 5.46. The molecule has 12 heteroatoms. The Balaban J connectivity index is 1.10. The first kappa shape index (κ1) is 31.6. The van der Waals surface area contributed by atoms with Crippen LogP contribution < -0.4 is 20.7 Å². The third-order valence-electron chi connectivity index (χ3n) is 10.6. The van der Waals surface area contributed by atoms with E-state index in [0.29, 0.717) is 28.8 Å². The summed E-state index contributed by atoms with van der Waals surface area (Å²) in [5.74, 6) is 1.20. The van der Waals surface area contributed by atoms with E-state index >= 15 is 0 Å². The standard InChI is InChI=1S/C37H39ClN8O3/c1-21-24(6-5-9-27(21)42-33-31-23(12-15-39-33)19-41-45(2)35(31)47)25-7-4-8-26(32(25)38)28-18-22-10-11-29(30(22)34(43-28)49-3)46-17-14-37(20-46)13-16-40-36(48)44-37/h4-9,12,15,18-19,29,35,47H,10-11,13-14,16-17,20H2,1-3H3,(H,39,42)(H2,40,44,48). The largest absolute Gasteiger partial charge is 0.481 e. The van der Waals surface area contributed by atoms with Gasteiger partial charge < -0.3 is 25.8 Å². The number of aliphatic hydroxyl groups excluding tert-OH is 1. The summed E-state index contributed by atoms with van der Waals surface area (Å²) >= 11 is 7.25. The number of likely N-dealkylation sites (tertiary alicyclic amines) is 1. The van der Waals surface area contributed by atoms with Crippen molar-refractivity contribution < 1.29 is 14.6 Å². The van der Waals surface area contributed by atoms with E-state index in [-0.39, 0.29) is 17.6 Å². The maximum Gasteiger partial charge on any atom is 0.315 e. The number of hydrogen-bond acceptors (Lipinski definition) is 9. The van der Waals surface area contributed by atoms with Crippen LogP contribution in [0.25, 0.3) is 22.4 Å². The second kappa shape index (κ2) is 12.3. The fourth-order valence-electron chi connectivity index (χ4n) is 7.98. The highest BCUT2D eigenvalue weighted by Crippen LogP contribution is 2.46. The van der Waals surface area contributed by atoms with Crippen molar-refractivity contribution in [3.8, 4) is 28.3 Å². The molecule has 3 aliphatic heterocycles. The molecular weight excluding hydrogens is 640 g/mol. The van der Waals surface area contributed by atoms with Crippen molar-refractivity contribution in [1.29, 1.82) is 0 Å². The molecule has 49 heavy (non-hydrogen) atoms. The van der Waals surface area contributed by atoms with Crippen molar-refractivity contribution in [2.75, 3.05) is 39.1 Å². The zero-order valence-corrected chi connectivity index (χ0v) is 28.5. The zero-order valence-electron chi connectivity index (χ0n) is 27.8. The molecule has 11 nitrogen and oxygen atoms in total. The van der Waals surface area contributed by atoms with Gasteiger partial charge in [-0.05, 0) is 67.5 Å². The number of anilines is 2. The van der Waals surface area contributed by atoms with Crippen LogP contribution in [0.4, 0.5) is 16.3 Å². The Bertz CT molecular complexity index is 2000. The molecule has 0 radical (unpaired) electrons. The number of methoxy groups -OCH3 is 1. The minimum Gasteiger partial charge on any atom is -0.481 e. The highest BCUT2D eigenvalue weighted by Gasteiger charge is 2.45. The minimum atomic E-state index is -0.915. The molecule has 1 aliphatic carbocycles. The van der Waals surface area contributed by atoms with E-state index in [1.165, 1.54) is 10.6 Å². The van der Waals surface area contributed by atoms with Crippen LogP contribution in [0.5, 0.6) is 5.88 Å². The lowest BCUT2D eigenvalue weighted by atomic mass is 9.93. The predicted octanol–water partition coefficient (Wildman–Crippen LogP) is 5.93. The van der Waals surface area contributed by atoms with Gasteiger partial charge in [-0.1, -0.05) is 41.9 Å². The first-order valence-electron chi connectivity index (χ1n) is 16.7. The number of aliphatic hydroxyl groups is 1. The molecule has 3 atom stereocenters. The molecule has 1 spiro atoms. The Morgan fingerprint density at radius 3 is 2.76 bits per heavy atom. The molecule has 4 aromatic rings. The average Bonchev–Trinajstić information content (AvgIpc) is 3.71. The van der Waals surface area contributed by atoms with Crippen LogP contribution in [0.15, 0.2) is 59.8 Å². The number of hydrazone groups is 1. The molecule has 4 aliphatic rings. The number of carbonyl (C=O) groups is 1. The number of halogens is 1. The molecule has 3 unspecified atom stereocenters. The number of carbonyl (C=O) groups excluding carboxylic acids is 1. The first-order valence-corrected chi connectivity index (χ1v) is 17.1. The topological polar surface area (TPSA) is 127 Å². The second-order valence-electron chi connectivity index (χ2n) is 13.4. The summed E-state index contributed by atoms with van der Waals surface area (Å²) in [6.07, 6.45) is 6.28. The zero-order chi connectivity index (χ0) is 33.9.